The molecule has 7 nitrogen and oxygen atoms in total. The highest BCUT2D eigenvalue weighted by molar-refractivity contribution is 5.88. The molecule has 2 amide bonds. The molecule has 5 rings (SSSR count). The maximum atomic E-state index is 13.4. The van der Waals surface area contributed by atoms with Crippen LogP contribution in [0.3, 0.4) is 0 Å². The van der Waals surface area contributed by atoms with E-state index in [-0.39, 0.29) is 41.5 Å². The maximum absolute atomic E-state index is 13.4. The molecule has 4 fully saturated rings. The van der Waals surface area contributed by atoms with Gasteiger partial charge in [-0.05, 0) is 69.4 Å². The topological polar surface area (TPSA) is 88.6 Å². The largest absolute Gasteiger partial charge is 0.458 e. The number of rotatable bonds is 4. The van der Waals surface area contributed by atoms with Crippen molar-refractivity contribution in [2.45, 2.75) is 76.9 Å². The van der Waals surface area contributed by atoms with Crippen molar-refractivity contribution >= 4 is 17.8 Å². The van der Waals surface area contributed by atoms with E-state index in [1.54, 1.807) is 0 Å². The van der Waals surface area contributed by atoms with Crippen molar-refractivity contribution in [2.24, 2.45) is 17.3 Å². The molecule has 2 atom stereocenters. The Morgan fingerprint density at radius 1 is 1.12 bits per heavy atom. The van der Waals surface area contributed by atoms with Crippen LogP contribution < -0.4 is 5.32 Å². The predicted molar refractivity (Wildman–Crippen MR) is 117 cm³/mol. The number of piperidine rings is 1. The fraction of sp³-hybridized carbons (Fsp3) is 0.680. The monoisotopic (exact) mass is 439 g/mol. The number of esters is 1. The number of aromatic nitrogens is 1. The van der Waals surface area contributed by atoms with Gasteiger partial charge in [-0.1, -0.05) is 12.5 Å². The first-order valence-electron chi connectivity index (χ1n) is 12.1. The van der Waals surface area contributed by atoms with E-state index in [0.717, 1.165) is 62.8 Å². The van der Waals surface area contributed by atoms with Crippen LogP contribution in [-0.2, 0) is 25.7 Å². The molecule has 0 bridgehead atoms. The number of likely N-dealkylation sites (tertiary alicyclic amines) is 1. The van der Waals surface area contributed by atoms with E-state index < -0.39 is 5.60 Å². The number of amides is 2. The second-order valence-corrected chi connectivity index (χ2v) is 10.3. The number of aryl methyl sites for hydroxylation is 1. The number of carbonyl (C=O) groups excluding carboxylic acids is 3. The number of hydrogen-bond acceptors (Lipinski definition) is 5. The average molecular weight is 440 g/mol. The van der Waals surface area contributed by atoms with Gasteiger partial charge in [-0.2, -0.15) is 0 Å². The van der Waals surface area contributed by atoms with Gasteiger partial charge in [0.15, 0.2) is 0 Å². The molecule has 1 aromatic rings. The van der Waals surface area contributed by atoms with Gasteiger partial charge in [0, 0.05) is 24.7 Å². The summed E-state index contributed by atoms with van der Waals surface area (Å²) in [6.07, 6.45) is 7.65. The Balaban J connectivity index is 1.15. The highest BCUT2D eigenvalue weighted by Gasteiger charge is 2.60. The number of pyridine rings is 1. The van der Waals surface area contributed by atoms with E-state index in [1.807, 2.05) is 30.0 Å². The van der Waals surface area contributed by atoms with E-state index in [2.05, 4.69) is 10.3 Å². The van der Waals surface area contributed by atoms with Crippen molar-refractivity contribution in [3.05, 3.63) is 29.6 Å². The molecule has 0 aromatic carbocycles. The number of ether oxygens (including phenoxy) is 1. The van der Waals surface area contributed by atoms with Crippen molar-refractivity contribution in [3.63, 3.8) is 0 Å². The van der Waals surface area contributed by atoms with Gasteiger partial charge in [0.05, 0.1) is 24.6 Å². The molecule has 2 unspecified atom stereocenters. The van der Waals surface area contributed by atoms with Crippen LogP contribution in [0.1, 0.15) is 69.2 Å². The third kappa shape index (κ3) is 3.90. The molecular formula is C25H33N3O4. The van der Waals surface area contributed by atoms with Crippen LogP contribution in [-0.4, -0.2) is 46.4 Å². The first-order chi connectivity index (χ1) is 15.4. The summed E-state index contributed by atoms with van der Waals surface area (Å²) in [5.41, 5.74) is 1.29. The van der Waals surface area contributed by atoms with Crippen molar-refractivity contribution in [1.82, 2.24) is 15.2 Å². The van der Waals surface area contributed by atoms with Crippen LogP contribution in [0.5, 0.6) is 0 Å². The third-order valence-corrected chi connectivity index (χ3v) is 8.29. The van der Waals surface area contributed by atoms with Gasteiger partial charge in [-0.3, -0.25) is 19.4 Å². The third-order valence-electron chi connectivity index (χ3n) is 8.29. The molecule has 32 heavy (non-hydrogen) atoms. The predicted octanol–water partition coefficient (Wildman–Crippen LogP) is 2.90. The standard InChI is InChI=1S/C25H33N3O4/c1-17-6-5-7-18(27-17)16-26-22(30)20-15-24(20)10-12-28(13-11-24)23(31)19-14-21(29)32-25(19)8-3-2-4-9-25/h5-7,19-20H,2-4,8-16H2,1H3,(H,26,30). The summed E-state index contributed by atoms with van der Waals surface area (Å²) in [5.74, 6) is -0.334. The highest BCUT2D eigenvalue weighted by Crippen LogP contribution is 2.59. The molecule has 4 aliphatic rings. The SMILES string of the molecule is Cc1cccc(CNC(=O)C2CC23CCN(C(=O)C2CC(=O)OC24CCCCC4)CC3)n1. The first-order valence-corrected chi connectivity index (χ1v) is 12.1. The molecule has 1 aromatic heterocycles. The molecule has 2 aliphatic heterocycles. The van der Waals surface area contributed by atoms with Crippen LogP contribution in [0.2, 0.25) is 0 Å². The Labute approximate surface area is 189 Å². The zero-order chi connectivity index (χ0) is 22.3. The molecule has 0 radical (unpaired) electrons. The second kappa shape index (κ2) is 8.16. The summed E-state index contributed by atoms with van der Waals surface area (Å²) in [6.45, 7) is 3.74. The number of nitrogens with one attached hydrogen (secondary N) is 1. The van der Waals surface area contributed by atoms with Gasteiger partial charge in [0.1, 0.15) is 5.60 Å². The van der Waals surface area contributed by atoms with E-state index in [1.165, 1.54) is 0 Å². The van der Waals surface area contributed by atoms with E-state index in [4.69, 9.17) is 4.74 Å². The molecule has 7 heteroatoms. The molecule has 1 N–H and O–H groups in total. The minimum absolute atomic E-state index is 0.0330. The molecule has 2 saturated carbocycles. The van der Waals surface area contributed by atoms with Crippen LogP contribution >= 0.6 is 0 Å². The average Bonchev–Trinajstić information content (AvgIpc) is 3.40. The van der Waals surface area contributed by atoms with E-state index in [9.17, 15) is 14.4 Å². The Morgan fingerprint density at radius 2 is 1.88 bits per heavy atom. The minimum Gasteiger partial charge on any atom is -0.458 e. The summed E-state index contributed by atoms with van der Waals surface area (Å²) in [4.78, 5) is 44.5. The van der Waals surface area contributed by atoms with E-state index >= 15 is 0 Å². The Kier molecular flexibility index (Phi) is 5.46. The summed E-state index contributed by atoms with van der Waals surface area (Å²) in [6, 6.07) is 5.83. The lowest BCUT2D eigenvalue weighted by atomic mass is 9.75. The maximum Gasteiger partial charge on any atom is 0.307 e. The lowest BCUT2D eigenvalue weighted by molar-refractivity contribution is -0.156. The molecule has 172 valence electrons. The lowest BCUT2D eigenvalue weighted by Gasteiger charge is -2.40. The molecular weight excluding hydrogens is 406 g/mol. The summed E-state index contributed by atoms with van der Waals surface area (Å²) in [7, 11) is 0. The summed E-state index contributed by atoms with van der Waals surface area (Å²) < 4.78 is 5.74. The van der Waals surface area contributed by atoms with Crippen molar-refractivity contribution in [2.75, 3.05) is 13.1 Å². The second-order valence-electron chi connectivity index (χ2n) is 10.3. The number of nitrogens with zero attached hydrogens (tertiary/aromatic N) is 2. The normalized spacial score (nSPS) is 27.9. The van der Waals surface area contributed by atoms with Gasteiger partial charge in [-0.15, -0.1) is 0 Å². The van der Waals surface area contributed by atoms with Gasteiger partial charge in [0.25, 0.3) is 0 Å². The van der Waals surface area contributed by atoms with Gasteiger partial charge >= 0.3 is 5.97 Å². The number of hydrogen-bond donors (Lipinski definition) is 1. The van der Waals surface area contributed by atoms with Crippen LogP contribution in [0.15, 0.2) is 18.2 Å². The Bertz CT molecular complexity index is 916. The fourth-order valence-corrected chi connectivity index (χ4v) is 6.27. The number of carbonyl (C=O) groups is 3. The smallest absolute Gasteiger partial charge is 0.307 e. The van der Waals surface area contributed by atoms with Gasteiger partial charge < -0.3 is 15.0 Å². The van der Waals surface area contributed by atoms with Crippen LogP contribution in [0.4, 0.5) is 0 Å². The first kappa shape index (κ1) is 21.4. The summed E-state index contributed by atoms with van der Waals surface area (Å²) in [5, 5.41) is 3.05. The zero-order valence-corrected chi connectivity index (χ0v) is 18.9. The minimum atomic E-state index is -0.562. The Morgan fingerprint density at radius 3 is 2.59 bits per heavy atom. The van der Waals surface area contributed by atoms with Gasteiger partial charge in [0.2, 0.25) is 11.8 Å². The van der Waals surface area contributed by atoms with Crippen LogP contribution in [0.25, 0.3) is 0 Å². The molecule has 2 spiro atoms. The summed E-state index contributed by atoms with van der Waals surface area (Å²) >= 11 is 0. The molecule has 3 heterocycles. The lowest BCUT2D eigenvalue weighted by Crippen LogP contribution is -2.49. The quantitative estimate of drug-likeness (QED) is 0.729. The zero-order valence-electron chi connectivity index (χ0n) is 18.9. The fourth-order valence-electron chi connectivity index (χ4n) is 6.27. The van der Waals surface area contributed by atoms with Crippen molar-refractivity contribution < 1.29 is 19.1 Å². The van der Waals surface area contributed by atoms with Crippen molar-refractivity contribution in [3.8, 4) is 0 Å². The van der Waals surface area contributed by atoms with Crippen LogP contribution in [0, 0.1) is 24.2 Å². The molecule has 2 saturated heterocycles. The highest BCUT2D eigenvalue weighted by atomic mass is 16.6. The Hall–Kier alpha value is -2.44. The van der Waals surface area contributed by atoms with Crippen molar-refractivity contribution in [1.29, 1.82) is 0 Å². The molecule has 2 aliphatic carbocycles. The van der Waals surface area contributed by atoms with Gasteiger partial charge in [-0.25, -0.2) is 0 Å². The van der Waals surface area contributed by atoms with E-state index in [0.29, 0.717) is 19.6 Å².